The Hall–Kier alpha value is -0.520. The zero-order chi connectivity index (χ0) is 9.68. The lowest BCUT2D eigenvalue weighted by Gasteiger charge is -2.19. The van der Waals surface area contributed by atoms with E-state index in [-0.39, 0.29) is 0 Å². The van der Waals surface area contributed by atoms with Crippen LogP contribution in [0, 0.1) is 12.3 Å². The minimum atomic E-state index is 0.515. The van der Waals surface area contributed by atoms with E-state index >= 15 is 0 Å². The van der Waals surface area contributed by atoms with Gasteiger partial charge in [-0.2, -0.15) is 0 Å². The van der Waals surface area contributed by atoms with Crippen molar-refractivity contribution in [1.82, 2.24) is 10.2 Å². The van der Waals surface area contributed by atoms with E-state index in [1.165, 1.54) is 19.5 Å². The van der Waals surface area contributed by atoms with Gasteiger partial charge >= 0.3 is 0 Å². The zero-order valence-corrected chi connectivity index (χ0v) is 8.71. The Morgan fingerprint density at radius 3 is 2.92 bits per heavy atom. The second kappa shape index (κ2) is 5.26. The van der Waals surface area contributed by atoms with Crippen LogP contribution in [0.25, 0.3) is 0 Å². The summed E-state index contributed by atoms with van der Waals surface area (Å²) in [6.07, 6.45) is 8.55. The van der Waals surface area contributed by atoms with Crippen LogP contribution >= 0.6 is 0 Å². The minimum Gasteiger partial charge on any atom is -0.309 e. The third-order valence-corrected chi connectivity index (χ3v) is 2.72. The van der Waals surface area contributed by atoms with Gasteiger partial charge in [-0.15, -0.1) is 12.3 Å². The molecule has 0 spiro atoms. The molecule has 1 aliphatic rings. The quantitative estimate of drug-likeness (QED) is 0.651. The van der Waals surface area contributed by atoms with Gasteiger partial charge in [0.15, 0.2) is 0 Å². The second-order valence-electron chi connectivity index (χ2n) is 3.93. The molecule has 1 aliphatic heterocycles. The van der Waals surface area contributed by atoms with Crippen molar-refractivity contribution >= 4 is 0 Å². The maximum absolute atomic E-state index is 5.31. The summed E-state index contributed by atoms with van der Waals surface area (Å²) in [5.41, 5.74) is 0. The fourth-order valence-electron chi connectivity index (χ4n) is 1.87. The van der Waals surface area contributed by atoms with Crippen molar-refractivity contribution in [2.24, 2.45) is 0 Å². The van der Waals surface area contributed by atoms with E-state index in [1.807, 2.05) is 0 Å². The van der Waals surface area contributed by atoms with Crippen LogP contribution in [0.5, 0.6) is 0 Å². The fourth-order valence-corrected chi connectivity index (χ4v) is 1.87. The molecular formula is C11H20N2. The van der Waals surface area contributed by atoms with Gasteiger partial charge in [0.05, 0.1) is 0 Å². The molecule has 0 aliphatic carbocycles. The van der Waals surface area contributed by atoms with Crippen molar-refractivity contribution in [3.63, 3.8) is 0 Å². The summed E-state index contributed by atoms with van der Waals surface area (Å²) in [5.74, 6) is 2.73. The lowest BCUT2D eigenvalue weighted by atomic mass is 10.1. The molecule has 1 saturated heterocycles. The highest BCUT2D eigenvalue weighted by Gasteiger charge is 2.20. The molecule has 2 heteroatoms. The third kappa shape index (κ3) is 3.38. The van der Waals surface area contributed by atoms with Gasteiger partial charge in [-0.3, -0.25) is 0 Å². The highest BCUT2D eigenvalue weighted by Crippen LogP contribution is 2.08. The van der Waals surface area contributed by atoms with E-state index in [9.17, 15) is 0 Å². The molecular weight excluding hydrogens is 160 g/mol. The predicted molar refractivity (Wildman–Crippen MR) is 56.6 cm³/mol. The lowest BCUT2D eigenvalue weighted by molar-refractivity contribution is 0.377. The molecule has 0 aromatic heterocycles. The molecule has 0 radical (unpaired) electrons. The van der Waals surface area contributed by atoms with E-state index < -0.39 is 0 Å². The highest BCUT2D eigenvalue weighted by molar-refractivity contribution is 4.91. The molecule has 2 atom stereocenters. The number of rotatable bonds is 4. The van der Waals surface area contributed by atoms with E-state index in [4.69, 9.17) is 6.42 Å². The minimum absolute atomic E-state index is 0.515. The van der Waals surface area contributed by atoms with Crippen molar-refractivity contribution in [3.8, 4) is 12.3 Å². The van der Waals surface area contributed by atoms with Crippen LogP contribution in [0.4, 0.5) is 0 Å². The maximum Gasteiger partial charge on any atom is 0.0240 e. The van der Waals surface area contributed by atoms with Crippen molar-refractivity contribution in [2.75, 3.05) is 20.1 Å². The average Bonchev–Trinajstić information content (AvgIpc) is 2.50. The largest absolute Gasteiger partial charge is 0.309 e. The summed E-state index contributed by atoms with van der Waals surface area (Å²) in [4.78, 5) is 2.36. The van der Waals surface area contributed by atoms with Crippen molar-refractivity contribution in [2.45, 2.75) is 38.3 Å². The molecule has 0 saturated carbocycles. The number of nitrogens with zero attached hydrogens (tertiary/aromatic N) is 1. The predicted octanol–water partition coefficient (Wildman–Crippen LogP) is 1.08. The molecule has 1 rings (SSSR count). The number of likely N-dealkylation sites (tertiary alicyclic amines) is 1. The van der Waals surface area contributed by atoms with Gasteiger partial charge in [0.1, 0.15) is 0 Å². The van der Waals surface area contributed by atoms with Crippen LogP contribution in [0.1, 0.15) is 26.2 Å². The summed E-state index contributed by atoms with van der Waals surface area (Å²) in [7, 11) is 2.17. The maximum atomic E-state index is 5.31. The van der Waals surface area contributed by atoms with Gasteiger partial charge in [0, 0.05) is 25.0 Å². The Morgan fingerprint density at radius 1 is 1.69 bits per heavy atom. The first-order valence-electron chi connectivity index (χ1n) is 5.14. The monoisotopic (exact) mass is 180 g/mol. The van der Waals surface area contributed by atoms with E-state index in [0.717, 1.165) is 12.8 Å². The summed E-state index contributed by atoms with van der Waals surface area (Å²) >= 11 is 0. The van der Waals surface area contributed by atoms with Crippen LogP contribution in [-0.4, -0.2) is 37.1 Å². The van der Waals surface area contributed by atoms with Crippen molar-refractivity contribution in [1.29, 1.82) is 0 Å². The standard InChI is InChI=1S/C11H20N2/c1-4-6-10(5-2)12-11-7-8-13(3)9-11/h1,10-12H,5-9H2,2-3H3. The smallest absolute Gasteiger partial charge is 0.0240 e. The molecule has 1 fully saturated rings. The SMILES string of the molecule is C#CCC(CC)NC1CCN(C)C1. The fraction of sp³-hybridized carbons (Fsp3) is 0.818. The third-order valence-electron chi connectivity index (χ3n) is 2.72. The van der Waals surface area contributed by atoms with Crippen molar-refractivity contribution in [3.05, 3.63) is 0 Å². The molecule has 0 amide bonds. The van der Waals surface area contributed by atoms with E-state index in [0.29, 0.717) is 12.1 Å². The normalized spacial score (nSPS) is 25.8. The lowest BCUT2D eigenvalue weighted by Crippen LogP contribution is -2.39. The van der Waals surface area contributed by atoms with Crippen molar-refractivity contribution < 1.29 is 0 Å². The molecule has 0 bridgehead atoms. The Balaban J connectivity index is 2.26. The van der Waals surface area contributed by atoms with Gasteiger partial charge in [-0.1, -0.05) is 6.92 Å². The van der Waals surface area contributed by atoms with Gasteiger partial charge in [0.2, 0.25) is 0 Å². The molecule has 2 nitrogen and oxygen atoms in total. The second-order valence-corrected chi connectivity index (χ2v) is 3.93. The van der Waals surface area contributed by atoms with Crippen LogP contribution in [0.3, 0.4) is 0 Å². The number of hydrogen-bond donors (Lipinski definition) is 1. The first kappa shape index (κ1) is 10.6. The van der Waals surface area contributed by atoms with Crippen LogP contribution in [0.2, 0.25) is 0 Å². The molecule has 1 N–H and O–H groups in total. The Labute approximate surface area is 81.7 Å². The van der Waals surface area contributed by atoms with Gasteiger partial charge in [0.25, 0.3) is 0 Å². The van der Waals surface area contributed by atoms with E-state index in [1.54, 1.807) is 0 Å². The molecule has 1 heterocycles. The molecule has 2 unspecified atom stereocenters. The molecule has 74 valence electrons. The van der Waals surface area contributed by atoms with Crippen LogP contribution in [0.15, 0.2) is 0 Å². The first-order valence-corrected chi connectivity index (χ1v) is 5.14. The average molecular weight is 180 g/mol. The topological polar surface area (TPSA) is 15.3 Å². The zero-order valence-electron chi connectivity index (χ0n) is 8.71. The number of terminal acetylenes is 1. The first-order chi connectivity index (χ1) is 6.26. The number of likely N-dealkylation sites (N-methyl/N-ethyl adjacent to an activating group) is 1. The number of nitrogens with one attached hydrogen (secondary N) is 1. The molecule has 0 aromatic rings. The Morgan fingerprint density at radius 2 is 2.46 bits per heavy atom. The van der Waals surface area contributed by atoms with Gasteiger partial charge in [-0.25, -0.2) is 0 Å². The summed E-state index contributed by atoms with van der Waals surface area (Å²) in [6, 6.07) is 1.17. The summed E-state index contributed by atoms with van der Waals surface area (Å²) in [5, 5.41) is 3.61. The Kier molecular flexibility index (Phi) is 4.27. The summed E-state index contributed by atoms with van der Waals surface area (Å²) in [6.45, 7) is 4.57. The highest BCUT2D eigenvalue weighted by atomic mass is 15.2. The molecule has 0 aromatic carbocycles. The summed E-state index contributed by atoms with van der Waals surface area (Å²) < 4.78 is 0. The Bertz CT molecular complexity index is 183. The number of hydrogen-bond acceptors (Lipinski definition) is 2. The van der Waals surface area contributed by atoms with Crippen LogP contribution < -0.4 is 5.32 Å². The molecule has 13 heavy (non-hydrogen) atoms. The van der Waals surface area contributed by atoms with E-state index in [2.05, 4.69) is 30.1 Å². The van der Waals surface area contributed by atoms with Gasteiger partial charge < -0.3 is 10.2 Å². The van der Waals surface area contributed by atoms with Crippen LogP contribution in [-0.2, 0) is 0 Å². The van der Waals surface area contributed by atoms with Gasteiger partial charge in [-0.05, 0) is 26.4 Å².